The van der Waals surface area contributed by atoms with Crippen molar-refractivity contribution in [1.29, 1.82) is 0 Å². The minimum Gasteiger partial charge on any atom is -0.496 e. The van der Waals surface area contributed by atoms with Gasteiger partial charge in [-0.3, -0.25) is 0 Å². The molecule has 0 unspecified atom stereocenters. The Kier molecular flexibility index (Phi) is 5.69. The first-order valence-corrected chi connectivity index (χ1v) is 8.45. The number of thioether (sulfide) groups is 1. The summed E-state index contributed by atoms with van der Waals surface area (Å²) < 4.78 is 6.11. The Bertz CT molecular complexity index is 624. The lowest BCUT2D eigenvalue weighted by Gasteiger charge is -2.11. The fraction of sp³-hybridized carbons (Fsp3) is 0.286. The molecule has 2 aromatic rings. The van der Waals surface area contributed by atoms with E-state index in [1.54, 1.807) is 7.11 Å². The van der Waals surface area contributed by atoms with Crippen LogP contribution in [0.15, 0.2) is 33.9 Å². The zero-order valence-electron chi connectivity index (χ0n) is 12.1. The molecule has 0 spiro atoms. The van der Waals surface area contributed by atoms with Gasteiger partial charge in [0.05, 0.1) is 11.6 Å². The Morgan fingerprint density at radius 1 is 1.24 bits per heavy atom. The predicted molar refractivity (Wildman–Crippen MR) is 92.0 cm³/mol. The van der Waals surface area contributed by atoms with Gasteiger partial charge in [-0.05, 0) is 47.3 Å². The van der Waals surface area contributed by atoms with Crippen LogP contribution in [0, 0.1) is 0 Å². The van der Waals surface area contributed by atoms with E-state index in [4.69, 9.17) is 4.74 Å². The molecule has 0 amide bonds. The van der Waals surface area contributed by atoms with Crippen LogP contribution in [0.2, 0.25) is 0 Å². The van der Waals surface area contributed by atoms with Gasteiger partial charge < -0.3 is 15.4 Å². The van der Waals surface area contributed by atoms with Crippen molar-refractivity contribution >= 4 is 45.0 Å². The topological polar surface area (TPSA) is 59.1 Å². The third-order valence-corrected chi connectivity index (χ3v) is 3.84. The average Bonchev–Trinajstić information content (AvgIpc) is 2.47. The number of hydrogen-bond donors (Lipinski definition) is 2. The number of aromatic nitrogens is 2. The fourth-order valence-electron chi connectivity index (χ4n) is 1.74. The SMILES string of the molecule is CCNc1cc(Nc2ccc(OC)c(Br)c2)nc(SC)n1. The van der Waals surface area contributed by atoms with Gasteiger partial charge in [0.15, 0.2) is 5.16 Å². The summed E-state index contributed by atoms with van der Waals surface area (Å²) in [6, 6.07) is 7.68. The van der Waals surface area contributed by atoms with Crippen molar-refractivity contribution in [2.75, 3.05) is 30.5 Å². The highest BCUT2D eigenvalue weighted by molar-refractivity contribution is 9.10. The Balaban J connectivity index is 2.25. The molecule has 2 rings (SSSR count). The normalized spacial score (nSPS) is 10.3. The van der Waals surface area contributed by atoms with Gasteiger partial charge in [0, 0.05) is 18.3 Å². The number of rotatable bonds is 6. The summed E-state index contributed by atoms with van der Waals surface area (Å²) in [5, 5.41) is 7.21. The van der Waals surface area contributed by atoms with Crippen LogP contribution in [-0.2, 0) is 0 Å². The molecule has 0 fully saturated rings. The van der Waals surface area contributed by atoms with Gasteiger partial charge >= 0.3 is 0 Å². The number of nitrogens with one attached hydrogen (secondary N) is 2. The average molecular weight is 369 g/mol. The second kappa shape index (κ2) is 7.51. The second-order valence-corrected chi connectivity index (χ2v) is 5.76. The van der Waals surface area contributed by atoms with Crippen molar-refractivity contribution in [3.8, 4) is 5.75 Å². The smallest absolute Gasteiger partial charge is 0.191 e. The molecule has 0 bridgehead atoms. The first-order chi connectivity index (χ1) is 10.2. The monoisotopic (exact) mass is 368 g/mol. The molecule has 1 aromatic carbocycles. The summed E-state index contributed by atoms with van der Waals surface area (Å²) in [5.41, 5.74) is 0.927. The first kappa shape index (κ1) is 15.9. The number of ether oxygens (including phenoxy) is 1. The molecule has 7 heteroatoms. The van der Waals surface area contributed by atoms with E-state index in [0.29, 0.717) is 0 Å². The van der Waals surface area contributed by atoms with Crippen LogP contribution in [0.5, 0.6) is 5.75 Å². The minimum atomic E-state index is 0.725. The molecule has 0 radical (unpaired) electrons. The molecule has 1 aromatic heterocycles. The van der Waals surface area contributed by atoms with Crippen LogP contribution in [0.4, 0.5) is 17.3 Å². The summed E-state index contributed by atoms with van der Waals surface area (Å²) in [4.78, 5) is 8.86. The Labute approximate surface area is 137 Å². The molecule has 5 nitrogen and oxygen atoms in total. The summed E-state index contributed by atoms with van der Waals surface area (Å²) in [6.45, 7) is 2.85. The fourth-order valence-corrected chi connectivity index (χ4v) is 2.66. The Morgan fingerprint density at radius 3 is 2.62 bits per heavy atom. The molecule has 0 aliphatic heterocycles. The molecule has 2 N–H and O–H groups in total. The summed E-state index contributed by atoms with van der Waals surface area (Å²) in [7, 11) is 1.64. The van der Waals surface area contributed by atoms with Gasteiger partial charge in [-0.2, -0.15) is 0 Å². The quantitative estimate of drug-likeness (QED) is 0.590. The number of anilines is 3. The van der Waals surface area contributed by atoms with Crippen LogP contribution in [0.3, 0.4) is 0 Å². The third-order valence-electron chi connectivity index (χ3n) is 2.67. The Morgan fingerprint density at radius 2 is 2.00 bits per heavy atom. The predicted octanol–water partition coefficient (Wildman–Crippen LogP) is 4.15. The van der Waals surface area contributed by atoms with Crippen molar-refractivity contribution < 1.29 is 4.74 Å². The molecular weight excluding hydrogens is 352 g/mol. The lowest BCUT2D eigenvalue weighted by molar-refractivity contribution is 0.412. The van der Waals surface area contributed by atoms with Crippen molar-refractivity contribution in [3.63, 3.8) is 0 Å². The molecule has 0 aliphatic carbocycles. The van der Waals surface area contributed by atoms with Crippen LogP contribution in [0.1, 0.15) is 6.92 Å². The maximum Gasteiger partial charge on any atom is 0.191 e. The molecule has 1 heterocycles. The lowest BCUT2D eigenvalue weighted by Crippen LogP contribution is -2.03. The third kappa shape index (κ3) is 4.25. The molecule has 0 aliphatic rings. The van der Waals surface area contributed by atoms with Crippen molar-refractivity contribution in [2.45, 2.75) is 12.1 Å². The standard InChI is InChI=1S/C14H17BrN4OS/c1-4-16-12-8-13(19-14(18-12)21-3)17-9-5-6-11(20-2)10(15)7-9/h5-8H,4H2,1-3H3,(H2,16,17,18,19). The van der Waals surface area contributed by atoms with E-state index in [9.17, 15) is 0 Å². The first-order valence-electron chi connectivity index (χ1n) is 6.43. The van der Waals surface area contributed by atoms with Gasteiger partial charge in [0.1, 0.15) is 17.4 Å². The van der Waals surface area contributed by atoms with E-state index in [1.807, 2.05) is 37.4 Å². The second-order valence-electron chi connectivity index (χ2n) is 4.13. The van der Waals surface area contributed by atoms with Gasteiger partial charge in [-0.25, -0.2) is 9.97 Å². The highest BCUT2D eigenvalue weighted by Gasteiger charge is 2.06. The van der Waals surface area contributed by atoms with Gasteiger partial charge in [0.2, 0.25) is 0 Å². The van der Waals surface area contributed by atoms with E-state index in [1.165, 1.54) is 11.8 Å². The molecule has 112 valence electrons. The van der Waals surface area contributed by atoms with Crippen molar-refractivity contribution in [2.24, 2.45) is 0 Å². The maximum absolute atomic E-state index is 5.22. The number of methoxy groups -OCH3 is 1. The molecular formula is C14H17BrN4OS. The Hall–Kier alpha value is -1.47. The van der Waals surface area contributed by atoms with E-state index < -0.39 is 0 Å². The number of nitrogens with zero attached hydrogens (tertiary/aromatic N) is 2. The number of hydrogen-bond acceptors (Lipinski definition) is 6. The molecule has 0 saturated heterocycles. The van der Waals surface area contributed by atoms with Crippen LogP contribution >= 0.6 is 27.7 Å². The van der Waals surface area contributed by atoms with Crippen LogP contribution in [-0.4, -0.2) is 29.9 Å². The minimum absolute atomic E-state index is 0.725. The lowest BCUT2D eigenvalue weighted by atomic mass is 10.3. The molecule has 0 atom stereocenters. The summed E-state index contributed by atoms with van der Waals surface area (Å²) >= 11 is 4.99. The van der Waals surface area contributed by atoms with Gasteiger partial charge in [0.25, 0.3) is 0 Å². The van der Waals surface area contributed by atoms with E-state index >= 15 is 0 Å². The largest absolute Gasteiger partial charge is 0.496 e. The zero-order valence-corrected chi connectivity index (χ0v) is 14.5. The maximum atomic E-state index is 5.22. The van der Waals surface area contributed by atoms with Crippen molar-refractivity contribution in [1.82, 2.24) is 9.97 Å². The number of halogens is 1. The zero-order chi connectivity index (χ0) is 15.2. The van der Waals surface area contributed by atoms with Crippen molar-refractivity contribution in [3.05, 3.63) is 28.7 Å². The highest BCUT2D eigenvalue weighted by atomic mass is 79.9. The van der Waals surface area contributed by atoms with Gasteiger partial charge in [-0.1, -0.05) is 11.8 Å². The van der Waals surface area contributed by atoms with Gasteiger partial charge in [-0.15, -0.1) is 0 Å². The van der Waals surface area contributed by atoms with E-state index in [2.05, 4.69) is 36.5 Å². The highest BCUT2D eigenvalue weighted by Crippen LogP contribution is 2.29. The van der Waals surface area contributed by atoms with Crippen LogP contribution in [0.25, 0.3) is 0 Å². The molecule has 21 heavy (non-hydrogen) atoms. The molecule has 0 saturated carbocycles. The van der Waals surface area contributed by atoms with Crippen LogP contribution < -0.4 is 15.4 Å². The number of benzene rings is 1. The summed E-state index contributed by atoms with van der Waals surface area (Å²) in [5.74, 6) is 2.36. The van der Waals surface area contributed by atoms with E-state index in [-0.39, 0.29) is 0 Å². The summed E-state index contributed by atoms with van der Waals surface area (Å²) in [6.07, 6.45) is 1.96. The van der Waals surface area contributed by atoms with E-state index in [0.717, 1.165) is 39.2 Å².